The molecule has 1 aromatic rings. The van der Waals surface area contributed by atoms with E-state index in [0.717, 1.165) is 44.9 Å². The maximum atomic E-state index is 12.2. The van der Waals surface area contributed by atoms with Crippen LogP contribution in [0.2, 0.25) is 0 Å². The average Bonchev–Trinajstić information content (AvgIpc) is 2.73. The van der Waals surface area contributed by atoms with Gasteiger partial charge in [0.2, 0.25) is 0 Å². The molecule has 0 spiro atoms. The van der Waals surface area contributed by atoms with E-state index in [2.05, 4.69) is 43.0 Å². The molecule has 1 atom stereocenters. The highest BCUT2D eigenvalue weighted by Crippen LogP contribution is 2.33. The molecule has 1 heterocycles. The first-order chi connectivity index (χ1) is 14.2. The first kappa shape index (κ1) is 23.6. The summed E-state index contributed by atoms with van der Waals surface area (Å²) >= 11 is 0. The van der Waals surface area contributed by atoms with Crippen LogP contribution in [-0.4, -0.2) is 45.2 Å². The van der Waals surface area contributed by atoms with Gasteiger partial charge in [-0.05, 0) is 75.0 Å². The predicted octanol–water partition coefficient (Wildman–Crippen LogP) is 5.11. The minimum atomic E-state index is -2.90. The molecule has 1 saturated heterocycles. The molecular weight excluding hydrogens is 394 g/mol. The monoisotopic (exact) mass is 435 g/mol. The molecule has 1 aliphatic carbocycles. The van der Waals surface area contributed by atoms with Crippen LogP contribution in [-0.2, 0) is 21.0 Å². The van der Waals surface area contributed by atoms with Gasteiger partial charge in [0.1, 0.15) is 0 Å². The van der Waals surface area contributed by atoms with Gasteiger partial charge in [0.05, 0.1) is 23.7 Å². The van der Waals surface area contributed by atoms with Crippen LogP contribution in [0.1, 0.15) is 65.4 Å². The van der Waals surface area contributed by atoms with Crippen molar-refractivity contribution in [2.24, 2.45) is 17.8 Å². The Morgan fingerprint density at radius 3 is 2.23 bits per heavy atom. The molecule has 1 saturated carbocycles. The summed E-state index contributed by atoms with van der Waals surface area (Å²) < 4.78 is 30.2. The molecule has 0 radical (unpaired) electrons. The quantitative estimate of drug-likeness (QED) is 0.569. The smallest absolute Gasteiger partial charge is 0.152 e. The molecule has 2 aliphatic rings. The minimum absolute atomic E-state index is 0.244. The summed E-state index contributed by atoms with van der Waals surface area (Å²) in [7, 11) is -2.90. The van der Waals surface area contributed by atoms with Crippen molar-refractivity contribution < 1.29 is 13.2 Å². The summed E-state index contributed by atoms with van der Waals surface area (Å²) in [6.45, 7) is 10.8. The number of benzene rings is 1. The Hall–Kier alpha value is -1.07. The molecule has 30 heavy (non-hydrogen) atoms. The lowest BCUT2D eigenvalue weighted by Gasteiger charge is -2.36. The molecule has 1 aliphatic heterocycles. The van der Waals surface area contributed by atoms with Gasteiger partial charge in [-0.25, -0.2) is 8.42 Å². The second-order valence-corrected chi connectivity index (χ2v) is 12.7. The predicted molar refractivity (Wildman–Crippen MR) is 126 cm³/mol. The van der Waals surface area contributed by atoms with E-state index in [1.165, 1.54) is 30.5 Å². The topological polar surface area (TPSA) is 46.6 Å². The number of sulfone groups is 1. The van der Waals surface area contributed by atoms with Gasteiger partial charge in [-0.3, -0.25) is 0 Å². The molecule has 0 unspecified atom stereocenters. The maximum Gasteiger partial charge on any atom is 0.152 e. The summed E-state index contributed by atoms with van der Waals surface area (Å²) in [5.41, 5.74) is 2.72. The molecule has 170 valence electrons. The minimum Gasteiger partial charge on any atom is -0.374 e. The van der Waals surface area contributed by atoms with E-state index in [4.69, 9.17) is 4.74 Å². The van der Waals surface area contributed by atoms with Gasteiger partial charge >= 0.3 is 0 Å². The Morgan fingerprint density at radius 2 is 1.63 bits per heavy atom. The second-order valence-electron chi connectivity index (χ2n) is 10.1. The SMILES string of the molecule is CC(C)[C@@H]1CN(c2ccc(CCC3CCC(CS(=O)(=O)C(C)C)CC3)cc2)CCO1. The van der Waals surface area contributed by atoms with Gasteiger partial charge in [-0.1, -0.05) is 38.8 Å². The van der Waals surface area contributed by atoms with E-state index in [-0.39, 0.29) is 5.25 Å². The number of hydrogen-bond acceptors (Lipinski definition) is 4. The summed E-state index contributed by atoms with van der Waals surface area (Å²) in [5, 5.41) is -0.244. The van der Waals surface area contributed by atoms with Crippen molar-refractivity contribution in [3.8, 4) is 0 Å². The zero-order chi connectivity index (χ0) is 21.7. The molecule has 2 fully saturated rings. The van der Waals surface area contributed by atoms with Crippen LogP contribution < -0.4 is 4.90 Å². The fraction of sp³-hybridized carbons (Fsp3) is 0.760. The highest BCUT2D eigenvalue weighted by atomic mass is 32.2. The Bertz CT molecular complexity index is 749. The van der Waals surface area contributed by atoms with Gasteiger partial charge < -0.3 is 9.64 Å². The first-order valence-corrected chi connectivity index (χ1v) is 13.6. The molecular formula is C25H41NO3S. The van der Waals surface area contributed by atoms with Crippen molar-refractivity contribution >= 4 is 15.5 Å². The molecule has 0 bridgehead atoms. The summed E-state index contributed by atoms with van der Waals surface area (Å²) in [5.74, 6) is 2.05. The fourth-order valence-corrected chi connectivity index (χ4v) is 6.14. The number of nitrogens with zero attached hydrogens (tertiary/aromatic N) is 1. The fourth-order valence-electron chi connectivity index (χ4n) is 4.77. The van der Waals surface area contributed by atoms with Gasteiger partial charge in [0, 0.05) is 18.8 Å². The van der Waals surface area contributed by atoms with Crippen molar-refractivity contribution in [2.45, 2.75) is 77.6 Å². The normalized spacial score (nSPS) is 25.8. The van der Waals surface area contributed by atoms with E-state index in [9.17, 15) is 8.42 Å². The van der Waals surface area contributed by atoms with Gasteiger partial charge in [-0.15, -0.1) is 0 Å². The van der Waals surface area contributed by atoms with E-state index in [1.807, 2.05) is 0 Å². The maximum absolute atomic E-state index is 12.2. The lowest BCUT2D eigenvalue weighted by Crippen LogP contribution is -2.44. The van der Waals surface area contributed by atoms with Crippen molar-refractivity contribution in [2.75, 3.05) is 30.3 Å². The first-order valence-electron chi connectivity index (χ1n) is 11.9. The molecule has 0 aromatic heterocycles. The van der Waals surface area contributed by atoms with E-state index >= 15 is 0 Å². The molecule has 5 heteroatoms. The highest BCUT2D eigenvalue weighted by molar-refractivity contribution is 7.91. The number of aryl methyl sites for hydroxylation is 1. The average molecular weight is 436 g/mol. The van der Waals surface area contributed by atoms with Crippen molar-refractivity contribution in [1.29, 1.82) is 0 Å². The van der Waals surface area contributed by atoms with Gasteiger partial charge in [-0.2, -0.15) is 0 Å². The lowest BCUT2D eigenvalue weighted by atomic mass is 9.80. The summed E-state index contributed by atoms with van der Waals surface area (Å²) in [6, 6.07) is 9.11. The zero-order valence-electron chi connectivity index (χ0n) is 19.3. The molecule has 3 rings (SSSR count). The molecule has 0 amide bonds. The second kappa shape index (κ2) is 10.5. The molecule has 4 nitrogen and oxygen atoms in total. The van der Waals surface area contributed by atoms with Crippen LogP contribution in [0.4, 0.5) is 5.69 Å². The number of morpholine rings is 1. The Kier molecular flexibility index (Phi) is 8.25. The van der Waals surface area contributed by atoms with Gasteiger partial charge in [0.25, 0.3) is 0 Å². The molecule has 0 N–H and O–H groups in total. The van der Waals surface area contributed by atoms with Crippen LogP contribution in [0.15, 0.2) is 24.3 Å². The van der Waals surface area contributed by atoms with E-state index < -0.39 is 9.84 Å². The Balaban J connectivity index is 1.43. The standard InChI is InChI=1S/C25H41NO3S/c1-19(2)25-17-26(15-16-29-25)24-13-11-22(12-14-24)6-5-21-7-9-23(10-8-21)18-30(27,28)20(3)4/h11-14,19-21,23,25H,5-10,15-18H2,1-4H3/t21?,23?,25-/m0/s1. The zero-order valence-corrected chi connectivity index (χ0v) is 20.2. The Labute approximate surface area is 184 Å². The van der Waals surface area contributed by atoms with Crippen LogP contribution in [0.25, 0.3) is 0 Å². The Morgan fingerprint density at radius 1 is 1.00 bits per heavy atom. The van der Waals surface area contributed by atoms with E-state index in [0.29, 0.717) is 23.7 Å². The third-order valence-corrected chi connectivity index (χ3v) is 9.50. The van der Waals surface area contributed by atoms with Crippen molar-refractivity contribution in [3.05, 3.63) is 29.8 Å². The largest absolute Gasteiger partial charge is 0.374 e. The lowest BCUT2D eigenvalue weighted by molar-refractivity contribution is 0.0114. The van der Waals surface area contributed by atoms with Crippen LogP contribution in [0.5, 0.6) is 0 Å². The third kappa shape index (κ3) is 6.46. The van der Waals surface area contributed by atoms with Crippen LogP contribution in [0, 0.1) is 17.8 Å². The highest BCUT2D eigenvalue weighted by Gasteiger charge is 2.27. The van der Waals surface area contributed by atoms with Crippen molar-refractivity contribution in [3.63, 3.8) is 0 Å². The van der Waals surface area contributed by atoms with E-state index in [1.54, 1.807) is 13.8 Å². The van der Waals surface area contributed by atoms with Crippen molar-refractivity contribution in [1.82, 2.24) is 0 Å². The van der Waals surface area contributed by atoms with Gasteiger partial charge in [0.15, 0.2) is 9.84 Å². The number of anilines is 1. The van der Waals surface area contributed by atoms with Crippen LogP contribution in [0.3, 0.4) is 0 Å². The molecule has 1 aromatic carbocycles. The number of rotatable bonds is 8. The summed E-state index contributed by atoms with van der Waals surface area (Å²) in [6.07, 6.45) is 7.17. The third-order valence-electron chi connectivity index (χ3n) is 7.13. The number of ether oxygens (including phenoxy) is 1. The number of hydrogen-bond donors (Lipinski definition) is 0. The summed E-state index contributed by atoms with van der Waals surface area (Å²) in [4.78, 5) is 2.45. The van der Waals surface area contributed by atoms with Crippen LogP contribution >= 0.6 is 0 Å².